The molecule has 1 unspecified atom stereocenters. The van der Waals surface area contributed by atoms with E-state index in [1.165, 1.54) is 6.92 Å². The van der Waals surface area contributed by atoms with Crippen LogP contribution in [0.1, 0.15) is 32.1 Å². The summed E-state index contributed by atoms with van der Waals surface area (Å²) in [7, 11) is 1.62. The van der Waals surface area contributed by atoms with Crippen LogP contribution in [0.25, 0.3) is 0 Å². The number of hydrogen-bond donors (Lipinski definition) is 2. The van der Waals surface area contributed by atoms with E-state index in [0.717, 1.165) is 23.6 Å². The Balaban J connectivity index is 2.25. The maximum atomic E-state index is 11.2. The molecule has 2 aromatic rings. The van der Waals surface area contributed by atoms with Crippen molar-refractivity contribution in [2.24, 2.45) is 0 Å². The third kappa shape index (κ3) is 3.78. The van der Waals surface area contributed by atoms with Gasteiger partial charge in [0.25, 0.3) is 0 Å². The molecule has 0 bridgehead atoms. The lowest BCUT2D eigenvalue weighted by atomic mass is 10.1. The topological polar surface area (TPSA) is 63.5 Å². The van der Waals surface area contributed by atoms with Gasteiger partial charge in [-0.15, -0.1) is 0 Å². The second-order valence-corrected chi connectivity index (χ2v) is 4.72. The van der Waals surface area contributed by atoms with Gasteiger partial charge in [-0.25, -0.2) is 0 Å². The first-order valence-corrected chi connectivity index (χ1v) is 6.89. The van der Waals surface area contributed by atoms with Crippen molar-refractivity contribution in [1.82, 2.24) is 0 Å². The van der Waals surface area contributed by atoms with Gasteiger partial charge in [0.1, 0.15) is 11.5 Å². The van der Waals surface area contributed by atoms with Gasteiger partial charge in [-0.3, -0.25) is 4.79 Å². The van der Waals surface area contributed by atoms with Crippen molar-refractivity contribution in [3.63, 3.8) is 0 Å². The zero-order valence-electron chi connectivity index (χ0n) is 12.5. The number of anilines is 2. The maximum Gasteiger partial charge on any atom is 0.221 e. The predicted molar refractivity (Wildman–Crippen MR) is 82.7 cm³/mol. The predicted octanol–water partition coefficient (Wildman–Crippen LogP) is 3.81. The van der Waals surface area contributed by atoms with E-state index >= 15 is 0 Å². The summed E-state index contributed by atoms with van der Waals surface area (Å²) in [5, 5.41) is 6.16. The summed E-state index contributed by atoms with van der Waals surface area (Å²) in [5.74, 6) is 1.47. The molecule has 2 rings (SSSR count). The van der Waals surface area contributed by atoms with Crippen LogP contribution in [0, 0.1) is 0 Å². The fraction of sp³-hybridized carbons (Fsp3) is 0.312. The van der Waals surface area contributed by atoms with Crippen LogP contribution in [0.3, 0.4) is 0 Å². The summed E-state index contributed by atoms with van der Waals surface area (Å²) in [6.45, 7) is 3.55. The molecule has 0 fully saturated rings. The van der Waals surface area contributed by atoms with Crippen molar-refractivity contribution in [1.29, 1.82) is 0 Å². The molecule has 5 nitrogen and oxygen atoms in total. The molecule has 1 aromatic carbocycles. The van der Waals surface area contributed by atoms with E-state index in [-0.39, 0.29) is 11.9 Å². The van der Waals surface area contributed by atoms with Crippen LogP contribution in [-0.2, 0) is 4.79 Å². The Bertz CT molecular complexity index is 594. The van der Waals surface area contributed by atoms with Crippen LogP contribution < -0.4 is 15.4 Å². The molecule has 21 heavy (non-hydrogen) atoms. The summed E-state index contributed by atoms with van der Waals surface area (Å²) < 4.78 is 10.8. The number of ether oxygens (including phenoxy) is 1. The largest absolute Gasteiger partial charge is 0.495 e. The van der Waals surface area contributed by atoms with Gasteiger partial charge in [0, 0.05) is 12.6 Å². The number of carbonyl (C=O) groups is 1. The van der Waals surface area contributed by atoms with E-state index in [0.29, 0.717) is 5.75 Å². The lowest BCUT2D eigenvalue weighted by Crippen LogP contribution is -2.11. The molecule has 0 aliphatic rings. The minimum Gasteiger partial charge on any atom is -0.495 e. The van der Waals surface area contributed by atoms with Gasteiger partial charge < -0.3 is 19.8 Å². The number of nitrogens with one attached hydrogen (secondary N) is 2. The summed E-state index contributed by atoms with van der Waals surface area (Å²) in [5.41, 5.74) is 1.53. The molecular formula is C16H20N2O3. The van der Waals surface area contributed by atoms with Crippen LogP contribution in [0.5, 0.6) is 5.75 Å². The molecule has 1 amide bonds. The molecule has 0 aliphatic carbocycles. The summed E-state index contributed by atoms with van der Waals surface area (Å²) >= 11 is 0. The van der Waals surface area contributed by atoms with E-state index in [1.807, 2.05) is 24.3 Å². The SMILES string of the molecule is CCC(Nc1cc(NC(C)=O)ccc1OC)c1ccco1. The van der Waals surface area contributed by atoms with Crippen LogP contribution in [0.2, 0.25) is 0 Å². The fourth-order valence-corrected chi connectivity index (χ4v) is 2.15. The first-order chi connectivity index (χ1) is 10.1. The zero-order valence-corrected chi connectivity index (χ0v) is 12.5. The van der Waals surface area contributed by atoms with Gasteiger partial charge in [0.15, 0.2) is 0 Å². The number of hydrogen-bond acceptors (Lipinski definition) is 4. The highest BCUT2D eigenvalue weighted by atomic mass is 16.5. The molecule has 5 heteroatoms. The highest BCUT2D eigenvalue weighted by molar-refractivity contribution is 5.89. The molecule has 0 saturated carbocycles. The number of rotatable bonds is 6. The Morgan fingerprint density at radius 2 is 2.19 bits per heavy atom. The van der Waals surface area contributed by atoms with Crippen molar-refractivity contribution < 1.29 is 13.9 Å². The van der Waals surface area contributed by atoms with Crippen molar-refractivity contribution in [2.75, 3.05) is 17.7 Å². The molecule has 0 saturated heterocycles. The minimum atomic E-state index is -0.107. The van der Waals surface area contributed by atoms with Crippen LogP contribution in [0.15, 0.2) is 41.0 Å². The molecular weight excluding hydrogens is 268 g/mol. The minimum absolute atomic E-state index is 0.0430. The lowest BCUT2D eigenvalue weighted by molar-refractivity contribution is -0.114. The Kier molecular flexibility index (Phi) is 4.87. The van der Waals surface area contributed by atoms with Gasteiger partial charge in [-0.05, 0) is 36.8 Å². The first kappa shape index (κ1) is 15.0. The quantitative estimate of drug-likeness (QED) is 0.848. The van der Waals surface area contributed by atoms with Crippen LogP contribution in [-0.4, -0.2) is 13.0 Å². The third-order valence-corrected chi connectivity index (χ3v) is 3.14. The van der Waals surface area contributed by atoms with Gasteiger partial charge in [-0.1, -0.05) is 6.92 Å². The second kappa shape index (κ2) is 6.83. The summed E-state index contributed by atoms with van der Waals surface area (Å²) in [6.07, 6.45) is 2.52. The summed E-state index contributed by atoms with van der Waals surface area (Å²) in [6, 6.07) is 9.32. The highest BCUT2D eigenvalue weighted by Gasteiger charge is 2.14. The molecule has 2 N–H and O–H groups in total. The molecule has 1 aromatic heterocycles. The molecule has 112 valence electrons. The van der Waals surface area contributed by atoms with Gasteiger partial charge >= 0.3 is 0 Å². The number of furan rings is 1. The van der Waals surface area contributed by atoms with Crippen LogP contribution in [0.4, 0.5) is 11.4 Å². The lowest BCUT2D eigenvalue weighted by Gasteiger charge is -2.19. The fourth-order valence-electron chi connectivity index (χ4n) is 2.15. The number of carbonyl (C=O) groups excluding carboxylic acids is 1. The van der Waals surface area contributed by atoms with Gasteiger partial charge in [0.2, 0.25) is 5.91 Å². The second-order valence-electron chi connectivity index (χ2n) is 4.72. The van der Waals surface area contributed by atoms with E-state index in [4.69, 9.17) is 9.15 Å². The number of methoxy groups -OCH3 is 1. The average molecular weight is 288 g/mol. The van der Waals surface area contributed by atoms with Gasteiger partial charge in [0.05, 0.1) is 25.1 Å². The average Bonchev–Trinajstić information content (AvgIpc) is 2.98. The van der Waals surface area contributed by atoms with Crippen molar-refractivity contribution in [2.45, 2.75) is 26.3 Å². The highest BCUT2D eigenvalue weighted by Crippen LogP contribution is 2.32. The Hall–Kier alpha value is -2.43. The number of benzene rings is 1. The van der Waals surface area contributed by atoms with Crippen molar-refractivity contribution >= 4 is 17.3 Å². The number of amides is 1. The normalized spacial score (nSPS) is 11.8. The van der Waals surface area contributed by atoms with Crippen molar-refractivity contribution in [3.8, 4) is 5.75 Å². The van der Waals surface area contributed by atoms with E-state index in [1.54, 1.807) is 19.4 Å². The Morgan fingerprint density at radius 3 is 2.76 bits per heavy atom. The third-order valence-electron chi connectivity index (χ3n) is 3.14. The monoisotopic (exact) mass is 288 g/mol. The van der Waals surface area contributed by atoms with E-state index in [2.05, 4.69) is 17.6 Å². The molecule has 0 radical (unpaired) electrons. The van der Waals surface area contributed by atoms with Crippen LogP contribution >= 0.6 is 0 Å². The zero-order chi connectivity index (χ0) is 15.2. The standard InChI is InChI=1S/C16H20N2O3/c1-4-13(16-6-5-9-21-16)18-14-10-12(17-11(2)19)7-8-15(14)20-3/h5-10,13,18H,4H2,1-3H3,(H,17,19). The smallest absolute Gasteiger partial charge is 0.221 e. The Labute approximate surface area is 124 Å². The van der Waals surface area contributed by atoms with E-state index in [9.17, 15) is 4.79 Å². The Morgan fingerprint density at radius 1 is 1.38 bits per heavy atom. The molecule has 1 atom stereocenters. The van der Waals surface area contributed by atoms with E-state index < -0.39 is 0 Å². The maximum absolute atomic E-state index is 11.2. The first-order valence-electron chi connectivity index (χ1n) is 6.89. The van der Waals surface area contributed by atoms with Gasteiger partial charge in [-0.2, -0.15) is 0 Å². The summed E-state index contributed by atoms with van der Waals surface area (Å²) in [4.78, 5) is 11.2. The molecule has 1 heterocycles. The molecule has 0 aliphatic heterocycles. The van der Waals surface area contributed by atoms with Crippen molar-refractivity contribution in [3.05, 3.63) is 42.4 Å². The molecule has 0 spiro atoms.